The largest absolute Gasteiger partial charge is 0.476 e. The number of carboxylic acid groups (broad SMARTS) is 1. The monoisotopic (exact) mass is 344 g/mol. The highest BCUT2D eigenvalue weighted by molar-refractivity contribution is 5.84. The summed E-state index contributed by atoms with van der Waals surface area (Å²) < 4.78 is 1.65. The van der Waals surface area contributed by atoms with Gasteiger partial charge in [0.15, 0.2) is 5.69 Å². The minimum Gasteiger partial charge on any atom is -0.476 e. The molecule has 2 aromatic rings. The Kier molecular flexibility index (Phi) is 4.69. The van der Waals surface area contributed by atoms with Crippen molar-refractivity contribution >= 4 is 11.8 Å². The third kappa shape index (κ3) is 3.62. The fourth-order valence-corrected chi connectivity index (χ4v) is 2.91. The zero-order valence-corrected chi connectivity index (χ0v) is 15.0. The lowest BCUT2D eigenvalue weighted by Gasteiger charge is -2.20. The number of hydrogen-bond acceptors (Lipinski definition) is 6. The molecule has 0 bridgehead atoms. The van der Waals surface area contributed by atoms with Crippen LogP contribution in [0.4, 0.5) is 5.82 Å². The number of carboxylic acids is 1. The number of hydrogen-bond donors (Lipinski definition) is 1. The lowest BCUT2D eigenvalue weighted by molar-refractivity contribution is 0.0690. The van der Waals surface area contributed by atoms with Crippen molar-refractivity contribution in [3.05, 3.63) is 29.5 Å². The maximum Gasteiger partial charge on any atom is 0.358 e. The molecule has 0 radical (unpaired) electrons. The number of aromatic nitrogens is 5. The Labute approximate surface area is 146 Å². The topological polar surface area (TPSA) is 97.0 Å². The number of aromatic carboxylic acids is 1. The van der Waals surface area contributed by atoms with Gasteiger partial charge in [0.25, 0.3) is 0 Å². The summed E-state index contributed by atoms with van der Waals surface area (Å²) in [6.45, 7) is 10.0. The minimum absolute atomic E-state index is 0.0234. The van der Waals surface area contributed by atoms with E-state index in [2.05, 4.69) is 54.0 Å². The first-order chi connectivity index (χ1) is 11.8. The van der Waals surface area contributed by atoms with Gasteiger partial charge in [-0.3, -0.25) is 0 Å². The molecule has 0 aliphatic carbocycles. The highest BCUT2D eigenvalue weighted by atomic mass is 16.4. The summed E-state index contributed by atoms with van der Waals surface area (Å²) in [5, 5.41) is 16.7. The Morgan fingerprint density at radius 3 is 2.60 bits per heavy atom. The summed E-state index contributed by atoms with van der Waals surface area (Å²) in [5.74, 6) is 1.34. The molecule has 1 aliphatic heterocycles. The van der Waals surface area contributed by atoms with Gasteiger partial charge in [-0.2, -0.15) is 0 Å². The van der Waals surface area contributed by atoms with Crippen molar-refractivity contribution in [3.63, 3.8) is 0 Å². The molecular formula is C17H24N6O2. The van der Waals surface area contributed by atoms with Gasteiger partial charge in [-0.1, -0.05) is 32.9 Å². The molecule has 2 aromatic heterocycles. The van der Waals surface area contributed by atoms with Gasteiger partial charge in [0.05, 0.1) is 12.2 Å². The average molecular weight is 344 g/mol. The molecule has 3 heterocycles. The van der Waals surface area contributed by atoms with Crippen LogP contribution >= 0.6 is 0 Å². The lowest BCUT2D eigenvalue weighted by Crippen LogP contribution is -2.23. The lowest BCUT2D eigenvalue weighted by atomic mass is 10.1. The molecule has 1 aliphatic rings. The molecule has 0 amide bonds. The molecule has 8 nitrogen and oxygen atoms in total. The van der Waals surface area contributed by atoms with Crippen molar-refractivity contribution in [1.82, 2.24) is 25.0 Å². The van der Waals surface area contributed by atoms with E-state index in [0.29, 0.717) is 5.92 Å². The first-order valence-electron chi connectivity index (χ1n) is 8.64. The SMILES string of the molecule is CC(C)c1cc(N2CCC(n3cc(C(=O)O)nn3)C2)nc(C(C)C)n1. The highest BCUT2D eigenvalue weighted by Crippen LogP contribution is 2.28. The molecule has 0 aromatic carbocycles. The summed E-state index contributed by atoms with van der Waals surface area (Å²) in [5.41, 5.74) is 1.02. The smallest absolute Gasteiger partial charge is 0.358 e. The third-order valence-corrected chi connectivity index (χ3v) is 4.45. The van der Waals surface area contributed by atoms with Crippen molar-refractivity contribution in [2.45, 2.75) is 52.0 Å². The van der Waals surface area contributed by atoms with Gasteiger partial charge >= 0.3 is 5.97 Å². The molecule has 1 unspecified atom stereocenters. The Morgan fingerprint density at radius 1 is 1.24 bits per heavy atom. The van der Waals surface area contributed by atoms with Gasteiger partial charge in [-0.15, -0.1) is 5.10 Å². The zero-order valence-electron chi connectivity index (χ0n) is 15.0. The standard InChI is InChI=1S/C17H24N6O2/c1-10(2)13-7-15(19-16(18-13)11(3)4)22-6-5-12(8-22)23-9-14(17(24)25)20-21-23/h7,9-12H,5-6,8H2,1-4H3,(H,24,25). The van der Waals surface area contributed by atoms with E-state index in [-0.39, 0.29) is 17.7 Å². The van der Waals surface area contributed by atoms with Crippen LogP contribution in [0.2, 0.25) is 0 Å². The number of carbonyl (C=O) groups is 1. The number of anilines is 1. The van der Waals surface area contributed by atoms with Crippen molar-refractivity contribution < 1.29 is 9.90 Å². The molecule has 0 spiro atoms. The van der Waals surface area contributed by atoms with E-state index < -0.39 is 5.97 Å². The average Bonchev–Trinajstić information content (AvgIpc) is 3.23. The minimum atomic E-state index is -1.06. The summed E-state index contributed by atoms with van der Waals surface area (Å²) in [6.07, 6.45) is 2.37. The second kappa shape index (κ2) is 6.78. The zero-order chi connectivity index (χ0) is 18.1. The number of nitrogens with zero attached hydrogens (tertiary/aromatic N) is 6. The van der Waals surface area contributed by atoms with Crippen LogP contribution in [-0.2, 0) is 0 Å². The van der Waals surface area contributed by atoms with Crippen molar-refractivity contribution in [2.75, 3.05) is 18.0 Å². The van der Waals surface area contributed by atoms with E-state index in [1.807, 2.05) is 0 Å². The molecule has 0 saturated carbocycles. The molecule has 1 saturated heterocycles. The number of rotatable bonds is 5. The Hall–Kier alpha value is -2.51. The van der Waals surface area contributed by atoms with Crippen LogP contribution in [-0.4, -0.2) is 49.1 Å². The predicted octanol–water partition coefficient (Wildman–Crippen LogP) is 2.46. The van der Waals surface area contributed by atoms with Gasteiger partial charge in [0, 0.05) is 30.8 Å². The van der Waals surface area contributed by atoms with E-state index in [9.17, 15) is 4.79 Å². The van der Waals surface area contributed by atoms with Crippen LogP contribution < -0.4 is 4.90 Å². The molecule has 25 heavy (non-hydrogen) atoms. The molecule has 134 valence electrons. The van der Waals surface area contributed by atoms with Crippen LogP contribution in [0.5, 0.6) is 0 Å². The third-order valence-electron chi connectivity index (χ3n) is 4.45. The molecule has 1 fully saturated rings. The van der Waals surface area contributed by atoms with Gasteiger partial charge in [0.2, 0.25) is 0 Å². The van der Waals surface area contributed by atoms with E-state index in [1.54, 1.807) is 4.68 Å². The second-order valence-corrected chi connectivity index (χ2v) is 7.10. The van der Waals surface area contributed by atoms with Crippen LogP contribution in [0.3, 0.4) is 0 Å². The van der Waals surface area contributed by atoms with E-state index in [0.717, 1.165) is 36.8 Å². The first kappa shape index (κ1) is 17.3. The second-order valence-electron chi connectivity index (χ2n) is 7.10. The predicted molar refractivity (Wildman–Crippen MR) is 93.1 cm³/mol. The normalized spacial score (nSPS) is 17.7. The van der Waals surface area contributed by atoms with Gasteiger partial charge in [0.1, 0.15) is 11.6 Å². The van der Waals surface area contributed by atoms with E-state index in [4.69, 9.17) is 10.1 Å². The van der Waals surface area contributed by atoms with E-state index in [1.165, 1.54) is 6.20 Å². The molecule has 3 rings (SSSR count). The maximum atomic E-state index is 11.0. The van der Waals surface area contributed by atoms with E-state index >= 15 is 0 Å². The van der Waals surface area contributed by atoms with Gasteiger partial charge in [-0.25, -0.2) is 19.4 Å². The molecule has 1 N–H and O–H groups in total. The van der Waals surface area contributed by atoms with Crippen LogP contribution in [0.25, 0.3) is 0 Å². The fraction of sp³-hybridized carbons (Fsp3) is 0.588. The van der Waals surface area contributed by atoms with Crippen LogP contribution in [0.1, 0.15) is 74.0 Å². The summed E-state index contributed by atoms with van der Waals surface area (Å²) in [7, 11) is 0. The highest BCUT2D eigenvalue weighted by Gasteiger charge is 2.27. The van der Waals surface area contributed by atoms with Gasteiger partial charge < -0.3 is 10.0 Å². The molecule has 1 atom stereocenters. The van der Waals surface area contributed by atoms with Crippen LogP contribution in [0, 0.1) is 0 Å². The summed E-state index contributed by atoms with van der Waals surface area (Å²) in [4.78, 5) is 22.6. The summed E-state index contributed by atoms with van der Waals surface area (Å²) in [6, 6.07) is 2.16. The molecular weight excluding hydrogens is 320 g/mol. The Morgan fingerprint density at radius 2 is 2.00 bits per heavy atom. The summed E-state index contributed by atoms with van der Waals surface area (Å²) >= 11 is 0. The fourth-order valence-electron chi connectivity index (χ4n) is 2.91. The maximum absolute atomic E-state index is 11.0. The Bertz CT molecular complexity index is 744. The van der Waals surface area contributed by atoms with Crippen molar-refractivity contribution in [1.29, 1.82) is 0 Å². The van der Waals surface area contributed by atoms with Crippen molar-refractivity contribution in [3.8, 4) is 0 Å². The first-order valence-corrected chi connectivity index (χ1v) is 8.64. The Balaban J connectivity index is 1.82. The van der Waals surface area contributed by atoms with Crippen molar-refractivity contribution in [2.24, 2.45) is 0 Å². The molecule has 8 heteroatoms. The van der Waals surface area contributed by atoms with Gasteiger partial charge in [-0.05, 0) is 12.3 Å². The quantitative estimate of drug-likeness (QED) is 0.889. The van der Waals surface area contributed by atoms with Crippen LogP contribution in [0.15, 0.2) is 12.3 Å².